The molecule has 0 aliphatic rings. The Kier molecular flexibility index (Phi) is 8.27. The fourth-order valence-electron chi connectivity index (χ4n) is 2.99. The lowest BCUT2D eigenvalue weighted by Crippen LogP contribution is -2.46. The molecule has 0 saturated carbocycles. The highest BCUT2D eigenvalue weighted by molar-refractivity contribution is 8.13. The number of rotatable bonds is 9. The first kappa shape index (κ1) is 22.5. The number of carbonyl (C=O) groups is 3. The predicted octanol–water partition coefficient (Wildman–Crippen LogP) is 3.20. The van der Waals surface area contributed by atoms with E-state index in [4.69, 9.17) is 0 Å². The first-order valence-electron chi connectivity index (χ1n) is 9.27. The van der Waals surface area contributed by atoms with Crippen molar-refractivity contribution in [1.82, 2.24) is 5.32 Å². The van der Waals surface area contributed by atoms with Gasteiger partial charge in [0.25, 0.3) is 0 Å². The number of hydrogen-bond acceptors (Lipinski definition) is 5. The van der Waals surface area contributed by atoms with Gasteiger partial charge in [-0.3, -0.25) is 9.59 Å². The molecule has 7 heteroatoms. The van der Waals surface area contributed by atoms with E-state index >= 15 is 0 Å². The maximum absolute atomic E-state index is 13.0. The van der Waals surface area contributed by atoms with Crippen LogP contribution < -0.4 is 5.32 Å². The number of phenols is 1. The highest BCUT2D eigenvalue weighted by atomic mass is 32.2. The Bertz CT molecular complexity index is 838. The van der Waals surface area contributed by atoms with E-state index in [1.807, 2.05) is 37.3 Å². The summed E-state index contributed by atoms with van der Waals surface area (Å²) in [5.74, 6) is -1.94. The minimum absolute atomic E-state index is 0.0858. The number of hydrogen-bond donors (Lipinski definition) is 3. The average Bonchev–Trinajstić information content (AvgIpc) is 2.69. The first-order valence-corrected chi connectivity index (χ1v) is 10.3. The van der Waals surface area contributed by atoms with Crippen LogP contribution in [-0.2, 0) is 20.8 Å². The van der Waals surface area contributed by atoms with Crippen molar-refractivity contribution in [2.45, 2.75) is 32.2 Å². The summed E-state index contributed by atoms with van der Waals surface area (Å²) in [6, 6.07) is 14.5. The second-order valence-corrected chi connectivity index (χ2v) is 8.08. The third-order valence-electron chi connectivity index (χ3n) is 4.72. The zero-order chi connectivity index (χ0) is 21.4. The molecular formula is C22H25NO5S. The molecule has 2 aromatic carbocycles. The molecule has 2 rings (SSSR count). The van der Waals surface area contributed by atoms with Crippen molar-refractivity contribution in [2.24, 2.45) is 5.92 Å². The van der Waals surface area contributed by atoms with Gasteiger partial charge in [0.1, 0.15) is 11.8 Å². The standard InChI is InChI=1S/C22H25NO5S/c1-14(17-6-4-3-5-7-17)19(13-29-15(2)24)21(26)23-20(22(27)28)12-16-8-10-18(25)11-9-16/h3-11,14,19-20,25H,12-13H2,1-2H3,(H,23,26)(H,27,28). The molecule has 0 aliphatic carbocycles. The Morgan fingerprint density at radius 1 is 1.03 bits per heavy atom. The number of carbonyl (C=O) groups excluding carboxylic acids is 2. The van der Waals surface area contributed by atoms with Crippen LogP contribution in [0.4, 0.5) is 0 Å². The molecule has 0 fully saturated rings. The van der Waals surface area contributed by atoms with Crippen LogP contribution in [0, 0.1) is 5.92 Å². The molecule has 154 valence electrons. The van der Waals surface area contributed by atoms with E-state index in [0.717, 1.165) is 17.3 Å². The van der Waals surface area contributed by atoms with Gasteiger partial charge in [-0.25, -0.2) is 4.79 Å². The van der Waals surface area contributed by atoms with E-state index in [2.05, 4.69) is 5.32 Å². The van der Waals surface area contributed by atoms with Crippen LogP contribution in [0.15, 0.2) is 54.6 Å². The van der Waals surface area contributed by atoms with Crippen molar-refractivity contribution in [2.75, 3.05) is 5.75 Å². The molecule has 0 radical (unpaired) electrons. The molecule has 0 aliphatic heterocycles. The molecule has 3 atom stereocenters. The van der Waals surface area contributed by atoms with E-state index < -0.39 is 23.8 Å². The molecule has 0 heterocycles. The highest BCUT2D eigenvalue weighted by Crippen LogP contribution is 2.28. The number of carboxylic acid groups (broad SMARTS) is 1. The molecule has 1 amide bonds. The molecule has 0 bridgehead atoms. The van der Waals surface area contributed by atoms with Gasteiger partial charge >= 0.3 is 5.97 Å². The molecule has 0 saturated heterocycles. The van der Waals surface area contributed by atoms with Gasteiger partial charge in [-0.1, -0.05) is 61.2 Å². The van der Waals surface area contributed by atoms with Crippen LogP contribution >= 0.6 is 11.8 Å². The fourth-order valence-corrected chi connectivity index (χ4v) is 3.84. The highest BCUT2D eigenvalue weighted by Gasteiger charge is 2.30. The van der Waals surface area contributed by atoms with Crippen LogP contribution in [0.25, 0.3) is 0 Å². The summed E-state index contributed by atoms with van der Waals surface area (Å²) in [7, 11) is 0. The number of phenolic OH excluding ortho intramolecular Hbond substituents is 1. The van der Waals surface area contributed by atoms with Gasteiger partial charge < -0.3 is 15.5 Å². The Morgan fingerprint density at radius 2 is 1.66 bits per heavy atom. The first-order chi connectivity index (χ1) is 13.8. The van der Waals surface area contributed by atoms with Gasteiger partial charge in [0.2, 0.25) is 5.91 Å². The van der Waals surface area contributed by atoms with Crippen LogP contribution in [0.1, 0.15) is 30.9 Å². The van der Waals surface area contributed by atoms with Crippen molar-refractivity contribution in [3.8, 4) is 5.75 Å². The Labute approximate surface area is 174 Å². The summed E-state index contributed by atoms with van der Waals surface area (Å²) in [6.07, 6.45) is 0.0909. The van der Waals surface area contributed by atoms with Crippen LogP contribution in [0.5, 0.6) is 5.75 Å². The van der Waals surface area contributed by atoms with Crippen molar-refractivity contribution in [3.05, 3.63) is 65.7 Å². The Morgan fingerprint density at radius 3 is 2.21 bits per heavy atom. The lowest BCUT2D eigenvalue weighted by Gasteiger charge is -2.25. The van der Waals surface area contributed by atoms with E-state index in [1.54, 1.807) is 12.1 Å². The monoisotopic (exact) mass is 415 g/mol. The number of thioether (sulfide) groups is 1. The number of aliphatic carboxylic acids is 1. The van der Waals surface area contributed by atoms with Crippen LogP contribution in [-0.4, -0.2) is 39.0 Å². The zero-order valence-corrected chi connectivity index (χ0v) is 17.2. The molecule has 29 heavy (non-hydrogen) atoms. The van der Waals surface area contributed by atoms with Gasteiger partial charge in [0.05, 0.1) is 5.92 Å². The molecule has 2 aromatic rings. The zero-order valence-electron chi connectivity index (χ0n) is 16.4. The molecule has 3 unspecified atom stereocenters. The molecule has 0 spiro atoms. The average molecular weight is 416 g/mol. The Balaban J connectivity index is 2.17. The lowest BCUT2D eigenvalue weighted by atomic mass is 9.88. The summed E-state index contributed by atoms with van der Waals surface area (Å²) in [6.45, 7) is 3.34. The van der Waals surface area contributed by atoms with Gasteiger partial charge in [-0.2, -0.15) is 0 Å². The van der Waals surface area contributed by atoms with E-state index in [9.17, 15) is 24.6 Å². The van der Waals surface area contributed by atoms with Gasteiger partial charge in [0, 0.05) is 19.1 Å². The number of benzene rings is 2. The van der Waals surface area contributed by atoms with Gasteiger partial charge in [-0.05, 0) is 29.2 Å². The predicted molar refractivity (Wildman–Crippen MR) is 113 cm³/mol. The number of amides is 1. The van der Waals surface area contributed by atoms with Crippen molar-refractivity contribution < 1.29 is 24.6 Å². The molecule has 0 aromatic heterocycles. The van der Waals surface area contributed by atoms with Crippen molar-refractivity contribution in [3.63, 3.8) is 0 Å². The Hall–Kier alpha value is -2.80. The number of nitrogens with one attached hydrogen (secondary N) is 1. The number of carboxylic acids is 1. The van der Waals surface area contributed by atoms with E-state index in [1.165, 1.54) is 19.1 Å². The maximum Gasteiger partial charge on any atom is 0.326 e. The van der Waals surface area contributed by atoms with Crippen molar-refractivity contribution in [1.29, 1.82) is 0 Å². The van der Waals surface area contributed by atoms with Crippen LogP contribution in [0.2, 0.25) is 0 Å². The summed E-state index contributed by atoms with van der Waals surface area (Å²) in [5.41, 5.74) is 1.63. The summed E-state index contributed by atoms with van der Waals surface area (Å²) in [5, 5.41) is 21.5. The molecule has 6 nitrogen and oxygen atoms in total. The summed E-state index contributed by atoms with van der Waals surface area (Å²) >= 11 is 1.06. The second-order valence-electron chi connectivity index (χ2n) is 6.88. The van der Waals surface area contributed by atoms with E-state index in [-0.39, 0.29) is 29.0 Å². The summed E-state index contributed by atoms with van der Waals surface area (Å²) in [4.78, 5) is 36.1. The van der Waals surface area contributed by atoms with Gasteiger partial charge in [-0.15, -0.1) is 0 Å². The quantitative estimate of drug-likeness (QED) is 0.581. The second kappa shape index (κ2) is 10.7. The third-order valence-corrected chi connectivity index (χ3v) is 5.65. The number of aromatic hydroxyl groups is 1. The third kappa shape index (κ3) is 6.94. The maximum atomic E-state index is 13.0. The fraction of sp³-hybridized carbons (Fsp3) is 0.318. The van der Waals surface area contributed by atoms with Crippen LogP contribution in [0.3, 0.4) is 0 Å². The summed E-state index contributed by atoms with van der Waals surface area (Å²) < 4.78 is 0. The smallest absolute Gasteiger partial charge is 0.326 e. The van der Waals surface area contributed by atoms with Crippen molar-refractivity contribution >= 4 is 28.8 Å². The minimum Gasteiger partial charge on any atom is -0.508 e. The molecular weight excluding hydrogens is 390 g/mol. The minimum atomic E-state index is -1.14. The molecule has 3 N–H and O–H groups in total. The lowest BCUT2D eigenvalue weighted by molar-refractivity contribution is -0.142. The van der Waals surface area contributed by atoms with Gasteiger partial charge in [0.15, 0.2) is 5.12 Å². The SMILES string of the molecule is CC(=O)SCC(C(=O)NC(Cc1ccc(O)cc1)C(=O)O)C(C)c1ccccc1. The van der Waals surface area contributed by atoms with E-state index in [0.29, 0.717) is 5.56 Å². The largest absolute Gasteiger partial charge is 0.508 e. The normalized spacial score (nSPS) is 13.9. The topological polar surface area (TPSA) is 104 Å².